The van der Waals surface area contributed by atoms with Crippen LogP contribution in [0.15, 0.2) is 57.3 Å². The summed E-state index contributed by atoms with van der Waals surface area (Å²) in [7, 11) is 2.63. The molecule has 37 heavy (non-hydrogen) atoms. The second kappa shape index (κ2) is 23.9. The van der Waals surface area contributed by atoms with E-state index in [1.165, 1.54) is 41.9 Å². The minimum atomic E-state index is -0.447. The van der Waals surface area contributed by atoms with Gasteiger partial charge in [-0.3, -0.25) is 20.6 Å². The van der Waals surface area contributed by atoms with E-state index in [1.54, 1.807) is 18.5 Å². The average Bonchev–Trinajstić information content (AvgIpc) is 2.96. The zero-order valence-corrected chi connectivity index (χ0v) is 22.6. The zero-order chi connectivity index (χ0) is 27.9. The molecule has 0 saturated carbocycles. The summed E-state index contributed by atoms with van der Waals surface area (Å²) in [5.74, 6) is -1.61. The molecule has 2 atom stereocenters. The number of methoxy groups -OCH3 is 2. The summed E-state index contributed by atoms with van der Waals surface area (Å²) in [6.07, 6.45) is 9.11. The van der Waals surface area contributed by atoms with Crippen molar-refractivity contribution in [3.05, 3.63) is 42.7 Å². The maximum Gasteiger partial charge on any atom is 0.309 e. The minimum absolute atomic E-state index is 0. The van der Waals surface area contributed by atoms with Crippen molar-refractivity contribution in [2.75, 3.05) is 14.2 Å². The Morgan fingerprint density at radius 2 is 1.14 bits per heavy atom. The van der Waals surface area contributed by atoms with Crippen LogP contribution in [0.5, 0.6) is 0 Å². The molecule has 13 nitrogen and oxygen atoms in total. The van der Waals surface area contributed by atoms with E-state index in [4.69, 9.17) is 20.8 Å². The van der Waals surface area contributed by atoms with Crippen LogP contribution in [0.3, 0.4) is 0 Å². The van der Waals surface area contributed by atoms with Crippen molar-refractivity contribution in [1.29, 1.82) is 0 Å². The number of oxime groups is 4. The minimum Gasteiger partial charge on any atom is -0.500 e. The number of hydrogen-bond donors (Lipinski definition) is 4. The quantitative estimate of drug-likeness (QED) is 0.139. The van der Waals surface area contributed by atoms with Gasteiger partial charge >= 0.3 is 11.9 Å². The van der Waals surface area contributed by atoms with E-state index in [-0.39, 0.29) is 28.7 Å². The smallest absolute Gasteiger partial charge is 0.309 e. The molecule has 1 radical (unpaired) electrons. The number of allylic oxidation sites excluding steroid dienone is 2. The van der Waals surface area contributed by atoms with E-state index in [0.717, 1.165) is 0 Å². The van der Waals surface area contributed by atoms with Crippen LogP contribution in [-0.2, 0) is 35.8 Å². The molecule has 0 aromatic carbocycles. The van der Waals surface area contributed by atoms with Crippen LogP contribution >= 0.6 is 0 Å². The van der Waals surface area contributed by atoms with Crippen molar-refractivity contribution in [2.45, 2.75) is 40.5 Å². The molecule has 1 aliphatic rings. The Kier molecular flexibility index (Phi) is 24.4. The van der Waals surface area contributed by atoms with Crippen LogP contribution in [0.25, 0.3) is 0 Å². The molecule has 1 aliphatic carbocycles. The Morgan fingerprint density at radius 1 is 0.757 bits per heavy atom. The van der Waals surface area contributed by atoms with Gasteiger partial charge in [0.1, 0.15) is 22.8 Å². The Hall–Kier alpha value is -3.78. The molecule has 1 aromatic heterocycles. The first-order valence-electron chi connectivity index (χ1n) is 10.5. The normalized spacial score (nSPS) is 17.1. The molecule has 0 unspecified atom stereocenters. The van der Waals surface area contributed by atoms with E-state index < -0.39 is 11.8 Å². The monoisotopic (exact) mass is 567 g/mol. The summed E-state index contributed by atoms with van der Waals surface area (Å²) in [6.45, 7) is 6.15. The van der Waals surface area contributed by atoms with Gasteiger partial charge in [-0.05, 0) is 39.8 Å². The molecule has 0 amide bonds. The maximum atomic E-state index is 11.3. The van der Waals surface area contributed by atoms with Gasteiger partial charge in [-0.1, -0.05) is 33.1 Å². The fraction of sp³-hybridized carbons (Fsp3) is 0.435. The van der Waals surface area contributed by atoms with Gasteiger partial charge in [0.15, 0.2) is 0 Å². The SMILES string of the molecule is CC(=N\O)/C(C)=N/O.CC(=N\O)/C(C)=N/O.COC(=O)[C@H]1C[C-]=CC[C@@H]1C(=O)OC.[Co].c1ccncc1. The zero-order valence-electron chi connectivity index (χ0n) is 21.5. The van der Waals surface area contributed by atoms with E-state index >= 15 is 0 Å². The third-order valence-corrected chi connectivity index (χ3v) is 4.56. The Balaban J connectivity index is -0.000000437. The van der Waals surface area contributed by atoms with Crippen molar-refractivity contribution in [3.63, 3.8) is 0 Å². The molecule has 209 valence electrons. The van der Waals surface area contributed by atoms with Crippen molar-refractivity contribution in [1.82, 2.24) is 4.98 Å². The average molecular weight is 567 g/mol. The molecule has 0 aliphatic heterocycles. The molecule has 1 heterocycles. The fourth-order valence-corrected chi connectivity index (χ4v) is 2.14. The molecule has 0 bridgehead atoms. The topological polar surface area (TPSA) is 196 Å². The molecule has 0 fully saturated rings. The fourth-order valence-electron chi connectivity index (χ4n) is 2.14. The van der Waals surface area contributed by atoms with Crippen LogP contribution < -0.4 is 0 Å². The summed E-state index contributed by atoms with van der Waals surface area (Å²) in [4.78, 5) is 26.4. The van der Waals surface area contributed by atoms with E-state index in [1.807, 2.05) is 18.2 Å². The van der Waals surface area contributed by atoms with Crippen LogP contribution in [0.4, 0.5) is 0 Å². The predicted molar refractivity (Wildman–Crippen MR) is 132 cm³/mol. The third kappa shape index (κ3) is 17.3. The summed E-state index contributed by atoms with van der Waals surface area (Å²) in [5.41, 5.74) is 1.25. The van der Waals surface area contributed by atoms with Gasteiger partial charge in [0.05, 0.1) is 20.1 Å². The standard InChI is InChI=1S/C10H13O4.C5H5N.2C4H8N2O2.Co/c1-13-9(11)7-5-3-4-6-8(7)10(12)14-2;1-2-4-6-5-3-1;2*1-3(5-7)4(2)6-8;/h3,7-8H,5-6H2,1-2H3;1-5H;2*7-8H,1-2H3;/q-1;;;;/b;;2*5-3+,6-4+;/t7-,8-;;;;/m0..../s1. The van der Waals surface area contributed by atoms with Gasteiger partial charge in [0, 0.05) is 35.1 Å². The number of pyridine rings is 1. The Bertz CT molecular complexity index is 804. The molecule has 0 saturated heterocycles. The number of ether oxygens (including phenoxy) is 2. The molecule has 4 N–H and O–H groups in total. The first kappa shape index (κ1) is 37.8. The van der Waals surface area contributed by atoms with Gasteiger partial charge in [-0.15, -0.1) is 0 Å². The third-order valence-electron chi connectivity index (χ3n) is 4.56. The molecule has 1 aromatic rings. The number of aromatic nitrogens is 1. The van der Waals surface area contributed by atoms with Crippen LogP contribution in [-0.4, -0.2) is 74.8 Å². The summed E-state index contributed by atoms with van der Waals surface area (Å²) in [6, 6.07) is 5.72. The second-order valence-electron chi connectivity index (χ2n) is 6.87. The van der Waals surface area contributed by atoms with Crippen LogP contribution in [0.2, 0.25) is 0 Å². The first-order chi connectivity index (χ1) is 17.1. The van der Waals surface area contributed by atoms with Crippen molar-refractivity contribution >= 4 is 34.8 Å². The summed E-state index contributed by atoms with van der Waals surface area (Å²) < 4.78 is 9.23. The second-order valence-corrected chi connectivity index (χ2v) is 6.87. The maximum absolute atomic E-state index is 11.3. The van der Waals surface area contributed by atoms with Crippen molar-refractivity contribution in [3.8, 4) is 0 Å². The van der Waals surface area contributed by atoms with Gasteiger partial charge in [-0.25, -0.2) is 0 Å². The number of esters is 2. The van der Waals surface area contributed by atoms with Crippen LogP contribution in [0.1, 0.15) is 40.5 Å². The number of hydrogen-bond acceptors (Lipinski definition) is 13. The van der Waals surface area contributed by atoms with Gasteiger partial charge < -0.3 is 36.4 Å². The van der Waals surface area contributed by atoms with Gasteiger partial charge in [0.2, 0.25) is 0 Å². The Labute approximate surface area is 226 Å². The van der Waals surface area contributed by atoms with Gasteiger partial charge in [-0.2, -0.15) is 6.42 Å². The van der Waals surface area contributed by atoms with Crippen LogP contribution in [0, 0.1) is 17.9 Å². The number of nitrogens with zero attached hydrogens (tertiary/aromatic N) is 5. The van der Waals surface area contributed by atoms with E-state index in [2.05, 4.69) is 41.2 Å². The van der Waals surface area contributed by atoms with E-state index in [9.17, 15) is 9.59 Å². The first-order valence-corrected chi connectivity index (χ1v) is 10.5. The molecular formula is C23H34CoN5O8-. The van der Waals surface area contributed by atoms with Crippen molar-refractivity contribution in [2.24, 2.45) is 32.5 Å². The molecule has 2 rings (SSSR count). The predicted octanol–water partition coefficient (Wildman–Crippen LogP) is 3.17. The number of rotatable bonds is 4. The largest absolute Gasteiger partial charge is 0.500 e. The molecular weight excluding hydrogens is 533 g/mol. The molecule has 0 spiro atoms. The number of carbonyl (C=O) groups excluding carboxylic acids is 2. The molecule has 14 heteroatoms. The van der Waals surface area contributed by atoms with Gasteiger partial charge in [0.25, 0.3) is 0 Å². The van der Waals surface area contributed by atoms with E-state index in [0.29, 0.717) is 35.7 Å². The Morgan fingerprint density at radius 3 is 1.41 bits per heavy atom. The summed E-state index contributed by atoms with van der Waals surface area (Å²) in [5, 5.41) is 43.3. The van der Waals surface area contributed by atoms with Crippen molar-refractivity contribution < 1.29 is 56.7 Å². The number of carbonyl (C=O) groups is 2. The summed E-state index contributed by atoms with van der Waals surface area (Å²) >= 11 is 0.